The van der Waals surface area contributed by atoms with Gasteiger partial charge in [0.25, 0.3) is 0 Å². The molecule has 0 bridgehead atoms. The van der Waals surface area contributed by atoms with Crippen LogP contribution >= 0.6 is 0 Å². The number of nitrogens with one attached hydrogen (secondary N) is 1. The molecule has 100 valence electrons. The summed E-state index contributed by atoms with van der Waals surface area (Å²) in [5, 5.41) is 3.56. The Morgan fingerprint density at radius 2 is 2.22 bits per heavy atom. The third-order valence-corrected chi connectivity index (χ3v) is 3.66. The van der Waals surface area contributed by atoms with E-state index in [0.29, 0.717) is 6.04 Å². The second-order valence-electron chi connectivity index (χ2n) is 4.88. The lowest BCUT2D eigenvalue weighted by Gasteiger charge is -2.36. The van der Waals surface area contributed by atoms with Gasteiger partial charge in [0.2, 0.25) is 0 Å². The topological polar surface area (TPSA) is 24.5 Å². The molecule has 0 spiro atoms. The third-order valence-electron chi connectivity index (χ3n) is 3.66. The molecular weight excluding hydrogens is 224 g/mol. The van der Waals surface area contributed by atoms with Crippen molar-refractivity contribution in [1.82, 2.24) is 5.32 Å². The Balaban J connectivity index is 2.11. The van der Waals surface area contributed by atoms with E-state index >= 15 is 0 Å². The summed E-state index contributed by atoms with van der Waals surface area (Å²) in [7, 11) is 1.76. The highest BCUT2D eigenvalue weighted by Gasteiger charge is 2.19. The molecular formula is C15H24N2O. The number of rotatable bonds is 5. The van der Waals surface area contributed by atoms with E-state index in [0.717, 1.165) is 32.7 Å². The highest BCUT2D eigenvalue weighted by atomic mass is 16.5. The number of hydrogen-bond acceptors (Lipinski definition) is 3. The molecule has 1 unspecified atom stereocenters. The quantitative estimate of drug-likeness (QED) is 0.863. The minimum atomic E-state index is 0.620. The van der Waals surface area contributed by atoms with E-state index in [1.165, 1.54) is 17.7 Å². The molecule has 1 heterocycles. The molecule has 1 aliphatic rings. The van der Waals surface area contributed by atoms with Gasteiger partial charge in [-0.3, -0.25) is 0 Å². The van der Waals surface area contributed by atoms with E-state index in [1.54, 1.807) is 7.11 Å². The fraction of sp³-hybridized carbons (Fsp3) is 0.600. The first kappa shape index (κ1) is 13.4. The van der Waals surface area contributed by atoms with Gasteiger partial charge < -0.3 is 15.0 Å². The zero-order chi connectivity index (χ0) is 12.8. The van der Waals surface area contributed by atoms with E-state index in [2.05, 4.69) is 41.4 Å². The first-order valence-corrected chi connectivity index (χ1v) is 6.90. The van der Waals surface area contributed by atoms with Crippen molar-refractivity contribution >= 4 is 5.69 Å². The molecule has 1 fully saturated rings. The minimum absolute atomic E-state index is 0.620. The number of hydrogen-bond donors (Lipinski definition) is 1. The molecule has 3 nitrogen and oxygen atoms in total. The smallest absolute Gasteiger partial charge is 0.0503 e. The molecule has 18 heavy (non-hydrogen) atoms. The summed E-state index contributed by atoms with van der Waals surface area (Å²) in [5.41, 5.74) is 2.78. The molecule has 0 aliphatic carbocycles. The summed E-state index contributed by atoms with van der Waals surface area (Å²) in [6.45, 7) is 6.33. The van der Waals surface area contributed by atoms with Crippen LogP contribution in [0, 0.1) is 0 Å². The van der Waals surface area contributed by atoms with Gasteiger partial charge in [-0.15, -0.1) is 0 Å². The van der Waals surface area contributed by atoms with Crippen molar-refractivity contribution in [3.63, 3.8) is 0 Å². The standard InChI is InChI=1S/C15H24N2O/c1-3-14-12-17(10-9-16-14)15-7-5-4-6-13(15)8-11-18-2/h4-7,14,16H,3,8-12H2,1-2H3. The summed E-state index contributed by atoms with van der Waals surface area (Å²) in [5.74, 6) is 0. The average Bonchev–Trinajstić information content (AvgIpc) is 2.45. The van der Waals surface area contributed by atoms with Gasteiger partial charge in [-0.25, -0.2) is 0 Å². The van der Waals surface area contributed by atoms with Gasteiger partial charge in [0.05, 0.1) is 6.61 Å². The lowest BCUT2D eigenvalue weighted by molar-refractivity contribution is 0.202. The molecule has 1 aromatic rings. The number of benzene rings is 1. The predicted molar refractivity (Wildman–Crippen MR) is 76.3 cm³/mol. The van der Waals surface area contributed by atoms with Crippen LogP contribution in [0.3, 0.4) is 0 Å². The Hall–Kier alpha value is -1.06. The number of ether oxygens (including phenoxy) is 1. The van der Waals surface area contributed by atoms with Crippen molar-refractivity contribution in [3.05, 3.63) is 29.8 Å². The van der Waals surface area contributed by atoms with E-state index in [4.69, 9.17) is 4.74 Å². The lowest BCUT2D eigenvalue weighted by Crippen LogP contribution is -2.50. The first-order chi connectivity index (χ1) is 8.85. The Morgan fingerprint density at radius 3 is 3.00 bits per heavy atom. The van der Waals surface area contributed by atoms with Crippen molar-refractivity contribution < 1.29 is 4.74 Å². The highest BCUT2D eigenvalue weighted by molar-refractivity contribution is 5.54. The SMILES string of the molecule is CCC1CN(c2ccccc2CCOC)CCN1. The molecule has 3 heteroatoms. The molecule has 0 amide bonds. The predicted octanol–water partition coefficient (Wildman–Crippen LogP) is 2.06. The number of piperazine rings is 1. The molecule has 1 aliphatic heterocycles. The first-order valence-electron chi connectivity index (χ1n) is 6.90. The van der Waals surface area contributed by atoms with Crippen molar-refractivity contribution in [2.45, 2.75) is 25.8 Å². The summed E-state index contributed by atoms with van der Waals surface area (Å²) >= 11 is 0. The van der Waals surface area contributed by atoms with E-state index in [-0.39, 0.29) is 0 Å². The van der Waals surface area contributed by atoms with Gasteiger partial charge in [-0.2, -0.15) is 0 Å². The lowest BCUT2D eigenvalue weighted by atomic mass is 10.1. The molecule has 2 rings (SSSR count). The molecule has 1 saturated heterocycles. The largest absolute Gasteiger partial charge is 0.384 e. The van der Waals surface area contributed by atoms with E-state index in [9.17, 15) is 0 Å². The van der Waals surface area contributed by atoms with Crippen LogP contribution in [0.15, 0.2) is 24.3 Å². The van der Waals surface area contributed by atoms with Gasteiger partial charge >= 0.3 is 0 Å². The van der Waals surface area contributed by atoms with Crippen molar-refractivity contribution in [2.24, 2.45) is 0 Å². The molecule has 0 aromatic heterocycles. The Morgan fingerprint density at radius 1 is 1.39 bits per heavy atom. The van der Waals surface area contributed by atoms with Crippen LogP contribution in [-0.4, -0.2) is 39.4 Å². The van der Waals surface area contributed by atoms with Crippen LogP contribution in [0.25, 0.3) is 0 Å². The summed E-state index contributed by atoms with van der Waals surface area (Å²) in [4.78, 5) is 2.51. The Bertz CT molecular complexity index is 367. The van der Waals surface area contributed by atoms with Gasteiger partial charge in [-0.1, -0.05) is 25.1 Å². The van der Waals surface area contributed by atoms with Crippen LogP contribution in [-0.2, 0) is 11.2 Å². The number of anilines is 1. The van der Waals surface area contributed by atoms with Crippen LogP contribution in [0.5, 0.6) is 0 Å². The monoisotopic (exact) mass is 248 g/mol. The molecule has 1 aromatic carbocycles. The maximum atomic E-state index is 5.20. The van der Waals surface area contributed by atoms with Crippen molar-refractivity contribution in [2.75, 3.05) is 38.3 Å². The Kier molecular flexibility index (Phi) is 5.02. The van der Waals surface area contributed by atoms with Crippen LogP contribution in [0.1, 0.15) is 18.9 Å². The Labute approximate surface area is 110 Å². The van der Waals surface area contributed by atoms with Gasteiger partial charge in [-0.05, 0) is 24.5 Å². The molecule has 1 N–H and O–H groups in total. The van der Waals surface area contributed by atoms with Crippen molar-refractivity contribution in [3.8, 4) is 0 Å². The van der Waals surface area contributed by atoms with Crippen molar-refractivity contribution in [1.29, 1.82) is 0 Å². The van der Waals surface area contributed by atoms with Crippen LogP contribution < -0.4 is 10.2 Å². The molecule has 0 saturated carbocycles. The summed E-state index contributed by atoms with van der Waals surface area (Å²) in [6.07, 6.45) is 2.18. The van der Waals surface area contributed by atoms with Gasteiger partial charge in [0, 0.05) is 38.5 Å². The summed E-state index contributed by atoms with van der Waals surface area (Å²) < 4.78 is 5.20. The highest BCUT2D eigenvalue weighted by Crippen LogP contribution is 2.22. The zero-order valence-electron chi connectivity index (χ0n) is 11.5. The second-order valence-corrected chi connectivity index (χ2v) is 4.88. The van der Waals surface area contributed by atoms with Crippen LogP contribution in [0.4, 0.5) is 5.69 Å². The zero-order valence-corrected chi connectivity index (χ0v) is 11.5. The third kappa shape index (κ3) is 3.24. The molecule has 0 radical (unpaired) electrons. The van der Waals surface area contributed by atoms with Crippen LogP contribution in [0.2, 0.25) is 0 Å². The number of para-hydroxylation sites is 1. The average molecular weight is 248 g/mol. The maximum absolute atomic E-state index is 5.20. The summed E-state index contributed by atoms with van der Waals surface area (Å²) in [6, 6.07) is 9.33. The van der Waals surface area contributed by atoms with Gasteiger partial charge in [0.1, 0.15) is 0 Å². The number of methoxy groups -OCH3 is 1. The van der Waals surface area contributed by atoms with E-state index in [1.807, 2.05) is 0 Å². The fourth-order valence-electron chi connectivity index (χ4n) is 2.56. The fourth-order valence-corrected chi connectivity index (χ4v) is 2.56. The molecule has 1 atom stereocenters. The normalized spacial score (nSPS) is 20.1. The second kappa shape index (κ2) is 6.76. The number of nitrogens with zero attached hydrogens (tertiary/aromatic N) is 1. The van der Waals surface area contributed by atoms with E-state index < -0.39 is 0 Å². The van der Waals surface area contributed by atoms with Gasteiger partial charge in [0.15, 0.2) is 0 Å². The maximum Gasteiger partial charge on any atom is 0.0503 e. The minimum Gasteiger partial charge on any atom is -0.384 e.